The van der Waals surface area contributed by atoms with Crippen LogP contribution in [0.15, 0.2) is 340 Å². The van der Waals surface area contributed by atoms with Gasteiger partial charge in [-0.25, -0.2) is 0 Å². The number of ether oxygens (including phenoxy) is 2. The van der Waals surface area contributed by atoms with Gasteiger partial charge in [0.1, 0.15) is 23.0 Å². The van der Waals surface area contributed by atoms with Crippen LogP contribution in [0.1, 0.15) is 44.5 Å². The number of anilines is 6. The second-order valence-electron chi connectivity index (χ2n) is 26.9. The van der Waals surface area contributed by atoms with Crippen molar-refractivity contribution in [2.24, 2.45) is 0 Å². The Morgan fingerprint density at radius 1 is 0.220 bits per heavy atom. The van der Waals surface area contributed by atoms with Gasteiger partial charge >= 0.3 is 0 Å². The van der Waals surface area contributed by atoms with E-state index >= 15 is 0 Å². The Morgan fingerprint density at radius 2 is 0.610 bits per heavy atom. The molecule has 4 aliphatic rings. The molecule has 2 spiro atoms. The lowest BCUT2D eigenvalue weighted by Crippen LogP contribution is -2.36. The van der Waals surface area contributed by atoms with E-state index in [1.165, 1.54) is 106 Å². The minimum atomic E-state index is -0.702. The summed E-state index contributed by atoms with van der Waals surface area (Å²) < 4.78 is 18.7. The van der Waals surface area contributed by atoms with Gasteiger partial charge in [-0.05, 0) is 192 Å². The molecular formula is C94H56N2O2S2. The molecule has 2 aromatic heterocycles. The molecule has 0 bridgehead atoms. The predicted molar refractivity (Wildman–Crippen MR) is 417 cm³/mol. The monoisotopic (exact) mass is 1310 g/mol. The first kappa shape index (κ1) is 55.8. The van der Waals surface area contributed by atoms with Gasteiger partial charge in [0, 0.05) is 96.7 Å². The molecule has 0 radical (unpaired) electrons. The first-order valence-electron chi connectivity index (χ1n) is 34.3. The van der Waals surface area contributed by atoms with Gasteiger partial charge in [0.05, 0.1) is 10.8 Å². The first-order valence-corrected chi connectivity index (χ1v) is 35.9. The SMILES string of the molecule is c1ccc(N(c2ccc3c(c2)C2(c4ccccc4Oc4ccccc42)c2cccc4cccc-3c24)c2ccc3c(c2)sc2ccc(-c4cccc(N(c5ccc6c(c5)C5(c7ccccc7Oc7ccccc75)c5cccc7cccc-6c57)c5ccc6c(c5)sc5ccccc56)c4)cc23)cc1. The summed E-state index contributed by atoms with van der Waals surface area (Å²) in [7, 11) is 0. The molecule has 0 N–H and O–H groups in total. The fourth-order valence-corrected chi connectivity index (χ4v) is 20.1. The molecule has 0 saturated carbocycles. The Bertz CT molecular complexity index is 6440. The van der Waals surface area contributed by atoms with Crippen molar-refractivity contribution in [1.82, 2.24) is 0 Å². The minimum Gasteiger partial charge on any atom is -0.457 e. The van der Waals surface area contributed by atoms with Crippen molar-refractivity contribution in [3.05, 3.63) is 384 Å². The van der Waals surface area contributed by atoms with Crippen molar-refractivity contribution < 1.29 is 9.47 Å². The summed E-state index contributed by atoms with van der Waals surface area (Å²) in [5.41, 5.74) is 21.9. The summed E-state index contributed by atoms with van der Waals surface area (Å²) in [5, 5.41) is 10.0. The lowest BCUT2D eigenvalue weighted by Gasteiger charge is -2.45. The largest absolute Gasteiger partial charge is 0.457 e. The molecular weight excluding hydrogens is 1250 g/mol. The molecule has 22 rings (SSSR count). The molecule has 4 heterocycles. The second kappa shape index (κ2) is 21.1. The van der Waals surface area contributed by atoms with E-state index in [2.05, 4.69) is 350 Å². The predicted octanol–water partition coefficient (Wildman–Crippen LogP) is 26.3. The average molecular weight is 1310 g/mol. The molecule has 16 aromatic carbocycles. The van der Waals surface area contributed by atoms with Gasteiger partial charge in [-0.15, -0.1) is 22.7 Å². The zero-order valence-corrected chi connectivity index (χ0v) is 55.5. The number of benzene rings is 16. The molecule has 0 saturated heterocycles. The van der Waals surface area contributed by atoms with Crippen molar-refractivity contribution in [2.45, 2.75) is 10.8 Å². The normalized spacial score (nSPS) is 13.7. The van der Waals surface area contributed by atoms with Gasteiger partial charge in [0.25, 0.3) is 0 Å². The van der Waals surface area contributed by atoms with Crippen LogP contribution in [-0.2, 0) is 10.8 Å². The van der Waals surface area contributed by atoms with Crippen molar-refractivity contribution in [2.75, 3.05) is 9.80 Å². The number of para-hydroxylation sites is 5. The molecule has 2 aliphatic carbocycles. The summed E-state index contributed by atoms with van der Waals surface area (Å²) in [4.78, 5) is 4.93. The molecule has 466 valence electrons. The Hall–Kier alpha value is -12.3. The zero-order chi connectivity index (χ0) is 65.4. The van der Waals surface area contributed by atoms with E-state index in [4.69, 9.17) is 9.47 Å². The number of hydrogen-bond donors (Lipinski definition) is 0. The number of rotatable bonds is 7. The summed E-state index contributed by atoms with van der Waals surface area (Å²) in [6.07, 6.45) is 0. The fraction of sp³-hybridized carbons (Fsp3) is 0.0213. The van der Waals surface area contributed by atoms with Crippen molar-refractivity contribution in [1.29, 1.82) is 0 Å². The van der Waals surface area contributed by atoms with Gasteiger partial charge in [-0.2, -0.15) is 0 Å². The van der Waals surface area contributed by atoms with E-state index in [0.717, 1.165) is 90.5 Å². The Kier molecular flexibility index (Phi) is 11.8. The number of thiophene rings is 2. The maximum Gasteiger partial charge on any atom is 0.132 e. The smallest absolute Gasteiger partial charge is 0.132 e. The van der Waals surface area contributed by atoms with Crippen molar-refractivity contribution in [3.63, 3.8) is 0 Å². The Balaban J connectivity index is 0.694. The number of nitrogens with zero attached hydrogens (tertiary/aromatic N) is 2. The molecule has 100 heavy (non-hydrogen) atoms. The van der Waals surface area contributed by atoms with E-state index in [9.17, 15) is 0 Å². The van der Waals surface area contributed by atoms with Crippen LogP contribution in [0, 0.1) is 0 Å². The van der Waals surface area contributed by atoms with Crippen LogP contribution in [0.25, 0.3) is 95.3 Å². The van der Waals surface area contributed by atoms with E-state index < -0.39 is 10.8 Å². The van der Waals surface area contributed by atoms with Gasteiger partial charge in [-0.3, -0.25) is 0 Å². The minimum absolute atomic E-state index is 0.675. The lowest BCUT2D eigenvalue weighted by atomic mass is 9.58. The lowest BCUT2D eigenvalue weighted by molar-refractivity contribution is 0.435. The maximum absolute atomic E-state index is 6.88. The quantitative estimate of drug-likeness (QED) is 0.159. The molecule has 4 nitrogen and oxygen atoms in total. The Labute approximate surface area is 585 Å². The Morgan fingerprint density at radius 3 is 1.16 bits per heavy atom. The maximum atomic E-state index is 6.88. The van der Waals surface area contributed by atoms with E-state index in [-0.39, 0.29) is 0 Å². The van der Waals surface area contributed by atoms with Gasteiger partial charge in [-0.1, -0.05) is 224 Å². The summed E-state index contributed by atoms with van der Waals surface area (Å²) >= 11 is 3.71. The fourth-order valence-electron chi connectivity index (χ4n) is 17.9. The molecule has 0 unspecified atom stereocenters. The number of fused-ring (bicyclic) bond motifs is 22. The van der Waals surface area contributed by atoms with Gasteiger partial charge in [0.2, 0.25) is 0 Å². The average Bonchev–Trinajstić information content (AvgIpc) is 1.33. The van der Waals surface area contributed by atoms with Crippen LogP contribution in [0.3, 0.4) is 0 Å². The van der Waals surface area contributed by atoms with Gasteiger partial charge < -0.3 is 19.3 Å². The van der Waals surface area contributed by atoms with Crippen LogP contribution < -0.4 is 19.3 Å². The standard InChI is InChI=1S/C94H56N2O2S2/c1-2-24-61(25-3-1)95(63-42-46-67-72-28-15-19-57-21-17-34-79(91(57)72)93(81(67)53-63)75-30-5-9-36-83(75)97-84-37-10-6-31-76(84)93)65-45-49-71-74-52-60(41-50-88(74)100-90(71)55-65)59-23-14-26-62(51-59)96(66-44-48-70-69-27-4-13-40-87(69)99-89(70)56-66)64-43-47-68-73-29-16-20-58-22-18-35-80(92(58)73)94(82(68)54-64)77-32-7-11-38-85(77)98-86-39-12-8-33-78(86)94/h1-56H. The topological polar surface area (TPSA) is 24.9 Å². The van der Waals surface area contributed by atoms with E-state index in [0.29, 0.717) is 0 Å². The molecule has 2 aliphatic heterocycles. The third-order valence-corrected chi connectivity index (χ3v) is 24.2. The second-order valence-corrected chi connectivity index (χ2v) is 29.1. The van der Waals surface area contributed by atoms with E-state index in [1.54, 1.807) is 0 Å². The summed E-state index contributed by atoms with van der Waals surface area (Å²) in [5.74, 6) is 3.50. The van der Waals surface area contributed by atoms with Crippen LogP contribution in [0.2, 0.25) is 0 Å². The highest BCUT2D eigenvalue weighted by atomic mass is 32.1. The van der Waals surface area contributed by atoms with Crippen LogP contribution >= 0.6 is 22.7 Å². The third-order valence-electron chi connectivity index (χ3n) is 21.9. The van der Waals surface area contributed by atoms with Gasteiger partial charge in [0.15, 0.2) is 0 Å². The molecule has 0 amide bonds. The highest BCUT2D eigenvalue weighted by Crippen LogP contribution is 2.64. The third kappa shape index (κ3) is 7.74. The van der Waals surface area contributed by atoms with Crippen LogP contribution in [0.5, 0.6) is 23.0 Å². The summed E-state index contributed by atoms with van der Waals surface area (Å²) in [6, 6.07) is 126. The highest BCUT2D eigenvalue weighted by molar-refractivity contribution is 7.26. The van der Waals surface area contributed by atoms with Crippen molar-refractivity contribution in [3.8, 4) is 56.4 Å². The molecule has 18 aromatic rings. The first-order chi connectivity index (χ1) is 49.5. The van der Waals surface area contributed by atoms with Crippen molar-refractivity contribution >= 4 is 119 Å². The molecule has 0 atom stereocenters. The van der Waals surface area contributed by atoms with Crippen LogP contribution in [0.4, 0.5) is 34.1 Å². The van der Waals surface area contributed by atoms with E-state index in [1.807, 2.05) is 22.7 Å². The highest BCUT2D eigenvalue weighted by Gasteiger charge is 2.52. The molecule has 0 fully saturated rings. The summed E-state index contributed by atoms with van der Waals surface area (Å²) in [6.45, 7) is 0. The van der Waals surface area contributed by atoms with Crippen LogP contribution in [-0.4, -0.2) is 0 Å². The number of hydrogen-bond acceptors (Lipinski definition) is 6. The molecule has 6 heteroatoms. The zero-order valence-electron chi connectivity index (χ0n) is 53.9.